The van der Waals surface area contributed by atoms with Gasteiger partial charge in [0.25, 0.3) is 5.91 Å². The lowest BCUT2D eigenvalue weighted by Gasteiger charge is -2.52. The highest BCUT2D eigenvalue weighted by Crippen LogP contribution is 2.52. The predicted molar refractivity (Wildman–Crippen MR) is 115 cm³/mol. The number of aliphatic hydroxyl groups excluding tert-OH is 1. The minimum Gasteiger partial charge on any atom is -0.873 e. The van der Waals surface area contributed by atoms with E-state index in [9.17, 15) is 34.8 Å². The van der Waals surface area contributed by atoms with E-state index < -0.39 is 58.0 Å². The average molecular weight is 457 g/mol. The Kier molecular flexibility index (Phi) is 5.06. The van der Waals surface area contributed by atoms with Gasteiger partial charge in [0.05, 0.1) is 31.1 Å². The van der Waals surface area contributed by atoms with Gasteiger partial charge in [0.15, 0.2) is 11.8 Å². The van der Waals surface area contributed by atoms with Crippen molar-refractivity contribution in [1.82, 2.24) is 0 Å². The van der Waals surface area contributed by atoms with Gasteiger partial charge in [0.1, 0.15) is 17.1 Å². The fourth-order valence-corrected chi connectivity index (χ4v) is 5.72. The quantitative estimate of drug-likeness (QED) is 0.308. The Morgan fingerprint density at radius 2 is 1.88 bits per heavy atom. The zero-order valence-electron chi connectivity index (χ0n) is 18.8. The molecule has 0 unspecified atom stereocenters. The summed E-state index contributed by atoms with van der Waals surface area (Å²) in [5.41, 5.74) is 2.88. The summed E-state index contributed by atoms with van der Waals surface area (Å²) < 4.78 is 0. The van der Waals surface area contributed by atoms with Crippen LogP contribution in [0.2, 0.25) is 0 Å². The number of nitrogens with zero attached hydrogens (tertiary/aromatic N) is 1. The predicted octanol–water partition coefficient (Wildman–Crippen LogP) is -2.58. The van der Waals surface area contributed by atoms with Crippen LogP contribution < -0.4 is 20.6 Å². The summed E-state index contributed by atoms with van der Waals surface area (Å²) >= 11 is 0. The number of fused-ring (bicyclic) bond motifs is 3. The number of rotatable bonds is 3. The number of aliphatic hydroxyl groups is 2. The van der Waals surface area contributed by atoms with Gasteiger partial charge in [0.2, 0.25) is 5.78 Å². The molecule has 176 valence electrons. The molecule has 0 saturated heterocycles. The van der Waals surface area contributed by atoms with Crippen molar-refractivity contribution in [3.05, 3.63) is 40.2 Å². The molecule has 0 aromatic heterocycles. The summed E-state index contributed by atoms with van der Waals surface area (Å²) in [4.78, 5) is 41.0. The van der Waals surface area contributed by atoms with Gasteiger partial charge in [0, 0.05) is 25.4 Å². The van der Waals surface area contributed by atoms with E-state index >= 15 is 0 Å². The Balaban J connectivity index is 1.99. The minimum atomic E-state index is -2.72. The number of phenolic OH excluding ortho intramolecular Hbond substituents is 1. The Hall–Kier alpha value is -3.37. The van der Waals surface area contributed by atoms with E-state index in [1.165, 1.54) is 6.07 Å². The molecule has 3 aliphatic carbocycles. The van der Waals surface area contributed by atoms with Crippen molar-refractivity contribution in [2.45, 2.75) is 24.5 Å². The molecule has 1 aromatic rings. The average Bonchev–Trinajstić information content (AvgIpc) is 2.70. The number of hydrogen-bond acceptors (Lipinski definition) is 8. The van der Waals surface area contributed by atoms with Crippen molar-refractivity contribution in [1.29, 1.82) is 0 Å². The highest BCUT2D eigenvalue weighted by Gasteiger charge is 2.62. The Morgan fingerprint density at radius 1 is 1.24 bits per heavy atom. The van der Waals surface area contributed by atoms with E-state index in [-0.39, 0.29) is 29.7 Å². The Bertz CT molecular complexity index is 1170. The topological polar surface area (TPSA) is 169 Å². The third kappa shape index (κ3) is 2.90. The maximum atomic E-state index is 13.7. The molecule has 4 atom stereocenters. The maximum absolute atomic E-state index is 13.7. The van der Waals surface area contributed by atoms with Crippen molar-refractivity contribution in [2.24, 2.45) is 17.6 Å². The molecule has 0 aliphatic heterocycles. The van der Waals surface area contributed by atoms with Crippen LogP contribution in [-0.2, 0) is 20.8 Å². The number of aromatic hydroxyl groups is 1. The number of primary amides is 1. The number of phenols is 1. The zero-order chi connectivity index (χ0) is 24.6. The molecule has 10 heteroatoms. The third-order valence-electron chi connectivity index (χ3n) is 7.14. The molecule has 3 aliphatic rings. The number of anilines is 1. The van der Waals surface area contributed by atoms with E-state index in [1.54, 1.807) is 34.3 Å². The van der Waals surface area contributed by atoms with Crippen LogP contribution in [0.4, 0.5) is 5.69 Å². The second kappa shape index (κ2) is 7.32. The van der Waals surface area contributed by atoms with Gasteiger partial charge in [-0.25, -0.2) is 0 Å². The number of nitrogens with one attached hydrogen (secondary N) is 1. The fraction of sp³-hybridized carbons (Fsp3) is 0.435. The van der Waals surface area contributed by atoms with Crippen LogP contribution in [0, 0.1) is 11.8 Å². The molecule has 1 fully saturated rings. The van der Waals surface area contributed by atoms with Gasteiger partial charge in [-0.05, 0) is 36.5 Å². The van der Waals surface area contributed by atoms with E-state index in [1.807, 2.05) is 4.90 Å². The third-order valence-corrected chi connectivity index (χ3v) is 7.14. The lowest BCUT2D eigenvalue weighted by atomic mass is 9.57. The first-order chi connectivity index (χ1) is 15.3. The lowest BCUT2D eigenvalue weighted by molar-refractivity contribution is -0.881. The van der Waals surface area contributed by atoms with Crippen LogP contribution in [-0.4, -0.2) is 72.6 Å². The first-order valence-corrected chi connectivity index (χ1v) is 10.6. The normalized spacial score (nSPS) is 29.1. The highest BCUT2D eigenvalue weighted by atomic mass is 16.3. The molecule has 1 amide bonds. The maximum Gasteiger partial charge on any atom is 0.251 e. The number of carbonyl (C=O) groups is 3. The standard InChI is InChI=1S/C23H27N3O7/c1-25(2)12-5-6-13(27)15-10(12)7-9-8-11-17(26(3)4)19(29)16(22(24)32)21(31)23(11,33)20(30)14(9)18(15)28/h5-6,9,11,17,27-28,31,33H,7-8H2,1-4H3,(H2,24,32)/t9-,11-,17-,23+/m0/s1. The number of amides is 1. The molecule has 10 nitrogen and oxygen atoms in total. The Labute approximate surface area is 190 Å². The molecule has 0 radical (unpaired) electrons. The summed E-state index contributed by atoms with van der Waals surface area (Å²) in [6.07, 6.45) is 0.294. The summed E-state index contributed by atoms with van der Waals surface area (Å²) in [7, 11) is 6.86. The first-order valence-electron chi connectivity index (χ1n) is 10.6. The molecule has 0 bridgehead atoms. The lowest BCUT2D eigenvalue weighted by Crippen LogP contribution is -3.13. The fourth-order valence-electron chi connectivity index (χ4n) is 5.72. The van der Waals surface area contributed by atoms with Crippen LogP contribution in [0.25, 0.3) is 5.76 Å². The van der Waals surface area contributed by atoms with E-state index in [0.717, 1.165) is 5.69 Å². The van der Waals surface area contributed by atoms with Gasteiger partial charge in [-0.15, -0.1) is 0 Å². The smallest absolute Gasteiger partial charge is 0.251 e. The number of likely N-dealkylation sites (N-methyl/N-ethyl adjacent to an activating group) is 1. The molecule has 0 spiro atoms. The molecule has 6 N–H and O–H groups in total. The van der Waals surface area contributed by atoms with Crippen LogP contribution >= 0.6 is 0 Å². The zero-order valence-corrected chi connectivity index (χ0v) is 18.8. The van der Waals surface area contributed by atoms with Crippen molar-refractivity contribution < 1.29 is 39.7 Å². The second-order valence-corrected chi connectivity index (χ2v) is 9.44. The number of hydrogen-bond donors (Lipinski definition) is 5. The number of Topliss-reactive ketones (excluding diaryl/α,β-unsaturated/α-hetero) is 2. The molecule has 1 aromatic carbocycles. The number of benzene rings is 1. The number of quaternary nitrogens is 1. The van der Waals surface area contributed by atoms with Crippen molar-refractivity contribution in [3.63, 3.8) is 0 Å². The number of nitrogens with two attached hydrogens (primary N) is 1. The van der Waals surface area contributed by atoms with Crippen LogP contribution in [0.15, 0.2) is 29.0 Å². The van der Waals surface area contributed by atoms with Crippen LogP contribution in [0.5, 0.6) is 5.75 Å². The van der Waals surface area contributed by atoms with Crippen LogP contribution in [0.1, 0.15) is 17.5 Å². The molecular weight excluding hydrogens is 430 g/mol. The van der Waals surface area contributed by atoms with Crippen molar-refractivity contribution >= 4 is 28.9 Å². The van der Waals surface area contributed by atoms with Crippen molar-refractivity contribution in [2.75, 3.05) is 33.1 Å². The SMILES string of the molecule is CN(C)c1ccc(O)c2c1C[C@H]1C[C@H]3[C@H]([NH+](C)C)C(=O)C(C(N)=O)=C([O-])[C@]3(O)C(=O)C1=C2O. The molecular formula is C23H27N3O7. The molecule has 33 heavy (non-hydrogen) atoms. The summed E-state index contributed by atoms with van der Waals surface area (Å²) in [5.74, 6) is -6.97. The largest absolute Gasteiger partial charge is 0.873 e. The summed E-state index contributed by atoms with van der Waals surface area (Å²) in [5, 5.41) is 46.2. The highest BCUT2D eigenvalue weighted by molar-refractivity contribution is 6.24. The van der Waals surface area contributed by atoms with E-state index in [0.29, 0.717) is 10.5 Å². The van der Waals surface area contributed by atoms with Gasteiger partial charge in [-0.2, -0.15) is 0 Å². The second-order valence-electron chi connectivity index (χ2n) is 9.44. The van der Waals surface area contributed by atoms with Crippen molar-refractivity contribution in [3.8, 4) is 5.75 Å². The number of carbonyl (C=O) groups excluding carboxylic acids is 3. The first kappa shape index (κ1) is 22.8. The minimum absolute atomic E-state index is 0.0446. The van der Waals surface area contributed by atoms with Crippen LogP contribution in [0.3, 0.4) is 0 Å². The molecule has 1 saturated carbocycles. The van der Waals surface area contributed by atoms with Gasteiger partial charge in [-0.1, -0.05) is 5.76 Å². The summed E-state index contributed by atoms with van der Waals surface area (Å²) in [6.45, 7) is 0. The van der Waals surface area contributed by atoms with Gasteiger partial charge in [-0.3, -0.25) is 14.4 Å². The van der Waals surface area contributed by atoms with E-state index in [2.05, 4.69) is 0 Å². The summed E-state index contributed by atoms with van der Waals surface area (Å²) in [6, 6.07) is 2.04. The Morgan fingerprint density at radius 3 is 2.42 bits per heavy atom. The molecule has 4 rings (SSSR count). The monoisotopic (exact) mass is 457 g/mol. The van der Waals surface area contributed by atoms with E-state index in [4.69, 9.17) is 5.73 Å². The number of ketones is 2. The van der Waals surface area contributed by atoms with Gasteiger partial charge < -0.3 is 36.0 Å². The molecule has 0 heterocycles. The van der Waals surface area contributed by atoms with Gasteiger partial charge >= 0.3 is 0 Å².